The normalized spacial score (nSPS) is 31.7. The number of unbranched alkanes of at least 4 members (excludes halogenated alkanes) is 2. The molecule has 0 radical (unpaired) electrons. The lowest BCUT2D eigenvalue weighted by Gasteiger charge is -2.40. The number of carboxylic acid groups (broad SMARTS) is 1. The third kappa shape index (κ3) is 4.50. The fourth-order valence-electron chi connectivity index (χ4n) is 4.61. The van der Waals surface area contributed by atoms with Crippen molar-refractivity contribution in [1.29, 1.82) is 0 Å². The second-order valence-electron chi connectivity index (χ2n) is 7.83. The van der Waals surface area contributed by atoms with Gasteiger partial charge >= 0.3 is 17.8 Å². The molecule has 0 aromatic rings. The van der Waals surface area contributed by atoms with E-state index < -0.39 is 30.1 Å². The minimum Gasteiger partial charge on any atom is -0.477 e. The van der Waals surface area contributed by atoms with E-state index in [9.17, 15) is 19.5 Å². The van der Waals surface area contributed by atoms with Gasteiger partial charge in [-0.25, -0.2) is 18.9 Å². The summed E-state index contributed by atoms with van der Waals surface area (Å²) in [6.45, 7) is 2.92. The molecule has 8 nitrogen and oxygen atoms in total. The molecule has 0 aliphatic carbocycles. The van der Waals surface area contributed by atoms with Crippen LogP contribution >= 0.6 is 0 Å². The van der Waals surface area contributed by atoms with Crippen LogP contribution in [0.5, 0.6) is 0 Å². The van der Waals surface area contributed by atoms with Crippen LogP contribution in [0, 0.1) is 0 Å². The number of likely N-dealkylation sites (tertiary alicyclic amines) is 1. The molecule has 0 saturated carbocycles. The number of rotatable bonds is 10. The third-order valence-electron chi connectivity index (χ3n) is 6.02. The van der Waals surface area contributed by atoms with Gasteiger partial charge in [0.25, 0.3) is 0 Å². The van der Waals surface area contributed by atoms with Crippen LogP contribution in [0.1, 0.15) is 64.7 Å². The van der Waals surface area contributed by atoms with Gasteiger partial charge in [0.2, 0.25) is 0 Å². The summed E-state index contributed by atoms with van der Waals surface area (Å²) in [7, 11) is 0. The summed E-state index contributed by atoms with van der Waals surface area (Å²) in [4.78, 5) is 38.0. The highest BCUT2D eigenvalue weighted by atomic mass is 16.6. The van der Waals surface area contributed by atoms with Crippen molar-refractivity contribution in [2.75, 3.05) is 13.1 Å². The van der Waals surface area contributed by atoms with Crippen molar-refractivity contribution in [3.05, 3.63) is 0 Å². The zero-order valence-electron chi connectivity index (χ0n) is 16.3. The molecular formula is C19H34N3O5+. The van der Waals surface area contributed by atoms with Crippen LogP contribution in [0.2, 0.25) is 0 Å². The zero-order chi connectivity index (χ0) is 20.0. The number of ether oxygens (including phenoxy) is 1. The van der Waals surface area contributed by atoms with Crippen LogP contribution in [0.4, 0.5) is 0 Å². The van der Waals surface area contributed by atoms with Crippen molar-refractivity contribution in [2.45, 2.75) is 88.9 Å². The number of hydrogen-bond acceptors (Lipinski definition) is 6. The van der Waals surface area contributed by atoms with E-state index in [1.807, 2.05) is 0 Å². The number of carbonyl (C=O) groups is 3. The van der Waals surface area contributed by atoms with Gasteiger partial charge in [0, 0.05) is 19.3 Å². The Morgan fingerprint density at radius 1 is 1.33 bits per heavy atom. The molecule has 0 spiro atoms. The highest BCUT2D eigenvalue weighted by Gasteiger charge is 2.62. The van der Waals surface area contributed by atoms with Crippen molar-refractivity contribution in [3.63, 3.8) is 0 Å². The minimum atomic E-state index is -1.04. The maximum Gasteiger partial charge on any atom is 0.365 e. The number of hydrogen-bond donors (Lipinski definition) is 3. The Balaban J connectivity index is 2.27. The maximum atomic E-state index is 13.4. The molecule has 5 atom stereocenters. The zero-order valence-corrected chi connectivity index (χ0v) is 16.3. The van der Waals surface area contributed by atoms with Gasteiger partial charge in [0.05, 0.1) is 6.54 Å². The molecule has 2 saturated heterocycles. The Labute approximate surface area is 160 Å². The van der Waals surface area contributed by atoms with Crippen LogP contribution in [0.15, 0.2) is 0 Å². The van der Waals surface area contributed by atoms with Gasteiger partial charge in [-0.15, -0.1) is 0 Å². The monoisotopic (exact) mass is 384 g/mol. The molecule has 1 amide bonds. The van der Waals surface area contributed by atoms with E-state index in [0.717, 1.165) is 25.7 Å². The second-order valence-corrected chi connectivity index (χ2v) is 7.83. The summed E-state index contributed by atoms with van der Waals surface area (Å²) >= 11 is 0. The molecule has 27 heavy (non-hydrogen) atoms. The van der Waals surface area contributed by atoms with Crippen LogP contribution in [-0.2, 0) is 19.1 Å². The average Bonchev–Trinajstić information content (AvgIpc) is 3.23. The Morgan fingerprint density at radius 3 is 2.70 bits per heavy atom. The van der Waals surface area contributed by atoms with Crippen molar-refractivity contribution in [1.82, 2.24) is 0 Å². The molecule has 2 rings (SSSR count). The molecular weight excluding hydrogens is 350 g/mol. The van der Waals surface area contributed by atoms with E-state index in [1.165, 1.54) is 0 Å². The number of amides is 1. The van der Waals surface area contributed by atoms with Crippen molar-refractivity contribution >= 4 is 17.8 Å². The number of nitrogens with zero attached hydrogens (tertiary/aromatic N) is 1. The van der Waals surface area contributed by atoms with Crippen molar-refractivity contribution < 1.29 is 28.7 Å². The molecule has 3 unspecified atom stereocenters. The highest BCUT2D eigenvalue weighted by molar-refractivity contribution is 5.85. The van der Waals surface area contributed by atoms with E-state index in [4.69, 9.17) is 16.2 Å². The smallest absolute Gasteiger partial charge is 0.365 e. The van der Waals surface area contributed by atoms with Gasteiger partial charge in [0.1, 0.15) is 12.1 Å². The molecule has 2 aliphatic rings. The fraction of sp³-hybridized carbons (Fsp3) is 0.842. The SMILES string of the molecule is CCCCC1CC([N+]2(C(=O)[C@@H](N)CCCCN)CCC[C@H]2C(=O)O)C(=O)O1. The van der Waals surface area contributed by atoms with E-state index in [-0.39, 0.29) is 16.5 Å². The van der Waals surface area contributed by atoms with Crippen LogP contribution in [0.25, 0.3) is 0 Å². The van der Waals surface area contributed by atoms with E-state index in [0.29, 0.717) is 45.2 Å². The Bertz CT molecular complexity index is 555. The lowest BCUT2D eigenvalue weighted by molar-refractivity contribution is -0.874. The summed E-state index contributed by atoms with van der Waals surface area (Å²) in [5, 5.41) is 9.77. The van der Waals surface area contributed by atoms with Gasteiger partial charge in [0.15, 0.2) is 12.1 Å². The first-order valence-electron chi connectivity index (χ1n) is 10.2. The topological polar surface area (TPSA) is 133 Å². The Morgan fingerprint density at radius 2 is 2.07 bits per heavy atom. The molecule has 2 aliphatic heterocycles. The van der Waals surface area contributed by atoms with E-state index in [1.54, 1.807) is 0 Å². The average molecular weight is 384 g/mol. The summed E-state index contributed by atoms with van der Waals surface area (Å²) in [5.74, 6) is -1.83. The van der Waals surface area contributed by atoms with Gasteiger partial charge in [-0.1, -0.05) is 19.8 Å². The van der Waals surface area contributed by atoms with Crippen LogP contribution in [-0.4, -0.2) is 64.8 Å². The lowest BCUT2D eigenvalue weighted by Crippen LogP contribution is -2.69. The van der Waals surface area contributed by atoms with E-state index >= 15 is 0 Å². The third-order valence-corrected chi connectivity index (χ3v) is 6.02. The first kappa shape index (κ1) is 21.8. The number of carbonyl (C=O) groups excluding carboxylic acids is 2. The predicted octanol–water partition coefficient (Wildman–Crippen LogP) is 0.907. The highest BCUT2D eigenvalue weighted by Crippen LogP contribution is 2.38. The number of carboxylic acids is 1. The number of esters is 1. The van der Waals surface area contributed by atoms with Gasteiger partial charge in [-0.2, -0.15) is 0 Å². The molecule has 0 aromatic heterocycles. The molecule has 8 heteroatoms. The number of aliphatic carboxylic acids is 1. The predicted molar refractivity (Wildman–Crippen MR) is 99.5 cm³/mol. The lowest BCUT2D eigenvalue weighted by atomic mass is 9.99. The second kappa shape index (κ2) is 9.61. The first-order valence-corrected chi connectivity index (χ1v) is 10.2. The first-order chi connectivity index (χ1) is 12.9. The molecule has 5 N–H and O–H groups in total. The summed E-state index contributed by atoms with van der Waals surface area (Å²) in [6, 6.07) is -2.48. The summed E-state index contributed by atoms with van der Waals surface area (Å²) < 4.78 is 5.14. The number of cyclic esters (lactones) is 1. The van der Waals surface area contributed by atoms with Crippen LogP contribution in [0.3, 0.4) is 0 Å². The Hall–Kier alpha value is -1.51. The molecule has 154 valence electrons. The standard InChI is InChI=1S/C19H33N3O5/c1-2-3-7-13-12-16(19(26)27-13)22(11-6-9-15(22)18(24)25)17(23)14(21)8-4-5-10-20/h13-16H,2-12,20-21H2,1H3/p+1/t13?,14-,15-,16?,22?/m0/s1. The molecule has 0 aromatic carbocycles. The van der Waals surface area contributed by atoms with Crippen molar-refractivity contribution in [2.24, 2.45) is 11.5 Å². The maximum absolute atomic E-state index is 13.4. The van der Waals surface area contributed by atoms with Crippen molar-refractivity contribution in [3.8, 4) is 0 Å². The van der Waals surface area contributed by atoms with Crippen LogP contribution < -0.4 is 11.5 Å². The van der Waals surface area contributed by atoms with E-state index in [2.05, 4.69) is 6.92 Å². The van der Waals surface area contributed by atoms with Gasteiger partial charge < -0.3 is 21.3 Å². The molecule has 2 fully saturated rings. The minimum absolute atomic E-state index is 0.242. The summed E-state index contributed by atoms with van der Waals surface area (Å²) in [5.41, 5.74) is 11.7. The summed E-state index contributed by atoms with van der Waals surface area (Å²) in [6.07, 6.45) is 5.68. The van der Waals surface area contributed by atoms with Gasteiger partial charge in [-0.3, -0.25) is 0 Å². The van der Waals surface area contributed by atoms with Gasteiger partial charge in [-0.05, 0) is 32.2 Å². The fourth-order valence-corrected chi connectivity index (χ4v) is 4.61. The quantitative estimate of drug-likeness (QED) is 0.290. The largest absolute Gasteiger partial charge is 0.477 e. The molecule has 0 bridgehead atoms. The molecule has 2 heterocycles. The number of nitrogens with two attached hydrogens (primary N) is 2. The number of quaternary nitrogens is 1. The Kier molecular flexibility index (Phi) is 7.76.